The van der Waals surface area contributed by atoms with Crippen LogP contribution in [0.15, 0.2) is 45.7 Å². The number of hydrogen-bond acceptors (Lipinski definition) is 5. The van der Waals surface area contributed by atoms with E-state index in [-0.39, 0.29) is 0 Å². The highest BCUT2D eigenvalue weighted by atomic mass is 16.5. The lowest BCUT2D eigenvalue weighted by Crippen LogP contribution is -1.84. The van der Waals surface area contributed by atoms with Gasteiger partial charge in [-0.2, -0.15) is 0 Å². The van der Waals surface area contributed by atoms with Crippen LogP contribution in [0.25, 0.3) is 22.7 Å². The molecular weight excluding hydrogens is 218 g/mol. The third kappa shape index (κ3) is 1.61. The number of nitrogens with zero attached hydrogens (tertiary/aromatic N) is 3. The molecule has 1 aromatic carbocycles. The first-order valence-corrected chi connectivity index (χ1v) is 5.14. The Morgan fingerprint density at radius 2 is 1.94 bits per heavy atom. The molecule has 3 aromatic rings. The zero-order chi connectivity index (χ0) is 11.7. The van der Waals surface area contributed by atoms with Crippen LogP contribution in [0.4, 0.5) is 0 Å². The summed E-state index contributed by atoms with van der Waals surface area (Å²) in [7, 11) is 0. The average Bonchev–Trinajstić information content (AvgIpc) is 2.99. The lowest BCUT2D eigenvalue weighted by molar-refractivity contribution is 0.399. The quantitative estimate of drug-likeness (QED) is 0.673. The van der Waals surface area contributed by atoms with E-state index in [1.165, 1.54) is 6.39 Å². The van der Waals surface area contributed by atoms with Crippen molar-refractivity contribution in [3.8, 4) is 22.7 Å². The Bertz CT molecular complexity index is 615. The summed E-state index contributed by atoms with van der Waals surface area (Å²) in [5.41, 5.74) is 2.42. The van der Waals surface area contributed by atoms with Gasteiger partial charge in [-0.3, -0.25) is 0 Å². The van der Waals surface area contributed by atoms with Crippen LogP contribution >= 0.6 is 0 Å². The van der Waals surface area contributed by atoms with Crippen molar-refractivity contribution in [1.82, 2.24) is 15.4 Å². The Balaban J connectivity index is 2.20. The molecule has 3 rings (SSSR count). The van der Waals surface area contributed by atoms with Gasteiger partial charge in [0.2, 0.25) is 6.39 Å². The van der Waals surface area contributed by atoms with Crippen LogP contribution in [-0.2, 0) is 0 Å². The van der Waals surface area contributed by atoms with Crippen molar-refractivity contribution >= 4 is 0 Å². The van der Waals surface area contributed by atoms with Crippen molar-refractivity contribution in [3.63, 3.8) is 0 Å². The van der Waals surface area contributed by atoms with Crippen molar-refractivity contribution in [2.75, 3.05) is 0 Å². The molecule has 0 unspecified atom stereocenters. The largest absolute Gasteiger partial charge is 0.423 e. The SMILES string of the molecule is Cc1onc(-c2ccccc2)c1-c1nnco1. The molecule has 0 amide bonds. The fourth-order valence-corrected chi connectivity index (χ4v) is 1.70. The van der Waals surface area contributed by atoms with Gasteiger partial charge < -0.3 is 8.94 Å². The lowest BCUT2D eigenvalue weighted by Gasteiger charge is -1.97. The number of rotatable bonds is 2. The predicted octanol–water partition coefficient (Wildman–Crippen LogP) is 2.70. The molecule has 2 heterocycles. The van der Waals surface area contributed by atoms with Gasteiger partial charge in [0, 0.05) is 5.56 Å². The number of aromatic nitrogens is 3. The van der Waals surface area contributed by atoms with Crippen LogP contribution in [0.3, 0.4) is 0 Å². The summed E-state index contributed by atoms with van der Waals surface area (Å²) >= 11 is 0. The molecule has 0 fully saturated rings. The van der Waals surface area contributed by atoms with Crippen molar-refractivity contribution < 1.29 is 8.94 Å². The van der Waals surface area contributed by atoms with E-state index in [0.29, 0.717) is 17.3 Å². The van der Waals surface area contributed by atoms with E-state index in [1.54, 1.807) is 0 Å². The van der Waals surface area contributed by atoms with Gasteiger partial charge >= 0.3 is 0 Å². The molecule has 84 valence electrons. The average molecular weight is 227 g/mol. The van der Waals surface area contributed by atoms with Gasteiger partial charge in [0.05, 0.1) is 0 Å². The maximum absolute atomic E-state index is 5.20. The topological polar surface area (TPSA) is 65.0 Å². The monoisotopic (exact) mass is 227 g/mol. The molecule has 17 heavy (non-hydrogen) atoms. The molecule has 0 aliphatic carbocycles. The molecule has 0 spiro atoms. The van der Waals surface area contributed by atoms with Crippen molar-refractivity contribution in [2.45, 2.75) is 6.92 Å². The summed E-state index contributed by atoms with van der Waals surface area (Å²) in [5.74, 6) is 1.08. The molecule has 0 atom stereocenters. The van der Waals surface area contributed by atoms with Gasteiger partial charge in [-0.25, -0.2) is 0 Å². The first-order valence-electron chi connectivity index (χ1n) is 5.14. The van der Waals surface area contributed by atoms with E-state index in [0.717, 1.165) is 11.1 Å². The molecule has 0 aliphatic heterocycles. The zero-order valence-electron chi connectivity index (χ0n) is 9.12. The Morgan fingerprint density at radius 1 is 1.12 bits per heavy atom. The zero-order valence-corrected chi connectivity index (χ0v) is 9.12. The van der Waals surface area contributed by atoms with Gasteiger partial charge in [-0.1, -0.05) is 35.5 Å². The maximum Gasteiger partial charge on any atom is 0.253 e. The number of hydrogen-bond donors (Lipinski definition) is 0. The van der Waals surface area contributed by atoms with E-state index in [2.05, 4.69) is 15.4 Å². The summed E-state index contributed by atoms with van der Waals surface area (Å²) in [6, 6.07) is 9.74. The summed E-state index contributed by atoms with van der Waals surface area (Å²) in [6.45, 7) is 1.82. The van der Waals surface area contributed by atoms with Crippen molar-refractivity contribution in [1.29, 1.82) is 0 Å². The smallest absolute Gasteiger partial charge is 0.253 e. The minimum atomic E-state index is 0.419. The summed E-state index contributed by atoms with van der Waals surface area (Å²) < 4.78 is 10.4. The highest BCUT2D eigenvalue weighted by Crippen LogP contribution is 2.32. The standard InChI is InChI=1S/C12H9N3O2/c1-8-10(12-14-13-7-16-12)11(15-17-8)9-5-3-2-4-6-9/h2-7H,1H3. The van der Waals surface area contributed by atoms with Crippen molar-refractivity contribution in [3.05, 3.63) is 42.5 Å². The highest BCUT2D eigenvalue weighted by molar-refractivity contribution is 5.77. The molecule has 5 nitrogen and oxygen atoms in total. The van der Waals surface area contributed by atoms with E-state index in [1.807, 2.05) is 37.3 Å². The molecule has 0 N–H and O–H groups in total. The number of aryl methyl sites for hydroxylation is 1. The molecule has 0 radical (unpaired) electrons. The highest BCUT2D eigenvalue weighted by Gasteiger charge is 2.20. The Labute approximate surface area is 97.1 Å². The second-order valence-electron chi connectivity index (χ2n) is 3.57. The third-order valence-corrected chi connectivity index (χ3v) is 2.48. The fourth-order valence-electron chi connectivity index (χ4n) is 1.70. The summed E-state index contributed by atoms with van der Waals surface area (Å²) in [6.07, 6.45) is 1.29. The Kier molecular flexibility index (Phi) is 2.22. The van der Waals surface area contributed by atoms with E-state index >= 15 is 0 Å². The Hall–Kier alpha value is -2.43. The van der Waals surface area contributed by atoms with Gasteiger partial charge in [0.25, 0.3) is 5.89 Å². The van der Waals surface area contributed by atoms with E-state index in [4.69, 9.17) is 8.94 Å². The second kappa shape index (κ2) is 3.86. The molecule has 5 heteroatoms. The summed E-state index contributed by atoms with van der Waals surface area (Å²) in [5, 5.41) is 11.6. The van der Waals surface area contributed by atoms with Gasteiger partial charge in [0.15, 0.2) is 0 Å². The van der Waals surface area contributed by atoms with Gasteiger partial charge in [-0.15, -0.1) is 10.2 Å². The maximum atomic E-state index is 5.20. The van der Waals surface area contributed by atoms with Gasteiger partial charge in [-0.05, 0) is 6.92 Å². The van der Waals surface area contributed by atoms with E-state index < -0.39 is 0 Å². The summed E-state index contributed by atoms with van der Waals surface area (Å²) in [4.78, 5) is 0. The van der Waals surface area contributed by atoms with Crippen molar-refractivity contribution in [2.24, 2.45) is 0 Å². The Morgan fingerprint density at radius 3 is 2.65 bits per heavy atom. The molecular formula is C12H9N3O2. The van der Waals surface area contributed by atoms with Crippen LogP contribution in [0.5, 0.6) is 0 Å². The normalized spacial score (nSPS) is 10.6. The molecule has 2 aromatic heterocycles. The first kappa shape index (κ1) is 9.77. The minimum absolute atomic E-state index is 0.419. The van der Waals surface area contributed by atoms with E-state index in [9.17, 15) is 0 Å². The fraction of sp³-hybridized carbons (Fsp3) is 0.0833. The molecule has 0 bridgehead atoms. The lowest BCUT2D eigenvalue weighted by atomic mass is 10.1. The van der Waals surface area contributed by atoms with Crippen LogP contribution in [0.2, 0.25) is 0 Å². The molecule has 0 aliphatic rings. The molecule has 0 saturated carbocycles. The third-order valence-electron chi connectivity index (χ3n) is 2.48. The number of benzene rings is 1. The minimum Gasteiger partial charge on any atom is -0.423 e. The molecule has 0 saturated heterocycles. The second-order valence-corrected chi connectivity index (χ2v) is 3.57. The van der Waals surface area contributed by atoms with Crippen LogP contribution in [0, 0.1) is 6.92 Å². The van der Waals surface area contributed by atoms with Gasteiger partial charge in [0.1, 0.15) is 17.0 Å². The first-order chi connectivity index (χ1) is 8.36. The van der Waals surface area contributed by atoms with Crippen LogP contribution in [-0.4, -0.2) is 15.4 Å². The van der Waals surface area contributed by atoms with Crippen LogP contribution in [0.1, 0.15) is 5.76 Å². The predicted molar refractivity (Wildman–Crippen MR) is 60.0 cm³/mol. The van der Waals surface area contributed by atoms with Crippen LogP contribution < -0.4 is 0 Å².